The van der Waals surface area contributed by atoms with Gasteiger partial charge >= 0.3 is 5.97 Å². The number of ether oxygens (including phenoxy) is 1. The molecule has 3 unspecified atom stereocenters. The summed E-state index contributed by atoms with van der Waals surface area (Å²) in [5.74, 6) is -0.321. The van der Waals surface area contributed by atoms with E-state index in [0.29, 0.717) is 6.54 Å². The minimum Gasteiger partial charge on any atom is -0.459 e. The van der Waals surface area contributed by atoms with E-state index in [4.69, 9.17) is 4.74 Å². The molecule has 0 spiro atoms. The molecule has 2 aliphatic rings. The zero-order chi connectivity index (χ0) is 11.8. The van der Waals surface area contributed by atoms with E-state index < -0.39 is 5.60 Å². The molecule has 0 aromatic carbocycles. The van der Waals surface area contributed by atoms with E-state index in [1.807, 2.05) is 20.8 Å². The fraction of sp³-hybridized carbons (Fsp3) is 0.818. The van der Waals surface area contributed by atoms with Crippen LogP contribution in [0.1, 0.15) is 20.8 Å². The number of hydrogen-bond acceptors (Lipinski definition) is 5. The van der Waals surface area contributed by atoms with Gasteiger partial charge < -0.3 is 4.74 Å². The van der Waals surface area contributed by atoms with E-state index in [0.717, 1.165) is 6.54 Å². The van der Waals surface area contributed by atoms with Crippen LogP contribution in [-0.4, -0.2) is 36.9 Å². The number of nitrogens with zero attached hydrogens (tertiary/aromatic N) is 3. The Labute approximate surface area is 95.0 Å². The summed E-state index contributed by atoms with van der Waals surface area (Å²) in [6.07, 6.45) is 1.67. The van der Waals surface area contributed by atoms with Gasteiger partial charge in [0.1, 0.15) is 11.5 Å². The molecule has 0 aromatic heterocycles. The summed E-state index contributed by atoms with van der Waals surface area (Å²) < 4.78 is 5.35. The zero-order valence-electron chi connectivity index (χ0n) is 9.88. The highest BCUT2D eigenvalue weighted by atomic mass is 16.6. The lowest BCUT2D eigenvalue weighted by Crippen LogP contribution is -2.41. The molecule has 16 heavy (non-hydrogen) atoms. The molecular weight excluding hydrogens is 206 g/mol. The topological polar surface area (TPSA) is 63.4 Å². The Morgan fingerprint density at radius 2 is 2.12 bits per heavy atom. The smallest absolute Gasteiger partial charge is 0.317 e. The van der Waals surface area contributed by atoms with Gasteiger partial charge in [-0.05, 0) is 20.8 Å². The van der Waals surface area contributed by atoms with E-state index in [1.165, 1.54) is 0 Å². The lowest BCUT2D eigenvalue weighted by Gasteiger charge is -2.27. The average Bonchev–Trinajstić information content (AvgIpc) is 2.61. The van der Waals surface area contributed by atoms with Crippen molar-refractivity contribution in [3.63, 3.8) is 0 Å². The SMILES string of the molecule is CC(C)(C)OC(=O)C1C=NCC2CN=NC21. The molecule has 0 aromatic rings. The number of hydrogen-bond donors (Lipinski definition) is 0. The molecular formula is C11H17N3O2. The third kappa shape index (κ3) is 2.28. The molecule has 0 saturated heterocycles. The van der Waals surface area contributed by atoms with Gasteiger partial charge in [-0.15, -0.1) is 0 Å². The van der Waals surface area contributed by atoms with Crippen molar-refractivity contribution in [1.29, 1.82) is 0 Å². The van der Waals surface area contributed by atoms with Crippen LogP contribution in [0.2, 0.25) is 0 Å². The number of esters is 1. The Balaban J connectivity index is 2.08. The van der Waals surface area contributed by atoms with Crippen LogP contribution in [0.25, 0.3) is 0 Å². The molecule has 2 rings (SSSR count). The summed E-state index contributed by atoms with van der Waals surface area (Å²) >= 11 is 0. The molecule has 2 aliphatic heterocycles. The quantitative estimate of drug-likeness (QED) is 0.632. The standard InChI is InChI=1S/C11H17N3O2/c1-11(2,3)16-10(15)8-6-12-4-7-5-13-14-9(7)8/h6-9H,4-5H2,1-3H3. The maximum atomic E-state index is 11.9. The molecule has 5 nitrogen and oxygen atoms in total. The minimum atomic E-state index is -0.465. The Hall–Kier alpha value is -1.26. The van der Waals surface area contributed by atoms with Crippen LogP contribution in [0.3, 0.4) is 0 Å². The Morgan fingerprint density at radius 1 is 1.38 bits per heavy atom. The summed E-state index contributed by atoms with van der Waals surface area (Å²) in [7, 11) is 0. The first-order chi connectivity index (χ1) is 7.47. The third-order valence-corrected chi connectivity index (χ3v) is 2.67. The van der Waals surface area contributed by atoms with Gasteiger partial charge in [-0.1, -0.05) is 0 Å². The Morgan fingerprint density at radius 3 is 2.81 bits per heavy atom. The summed E-state index contributed by atoms with van der Waals surface area (Å²) in [6, 6.07) is -0.0626. The first kappa shape index (κ1) is 11.2. The molecule has 0 aliphatic carbocycles. The molecule has 2 heterocycles. The van der Waals surface area contributed by atoms with Gasteiger partial charge in [0.25, 0.3) is 0 Å². The Bertz CT molecular complexity index is 344. The summed E-state index contributed by atoms with van der Waals surface area (Å²) in [6.45, 7) is 6.98. The van der Waals surface area contributed by atoms with E-state index in [2.05, 4.69) is 15.2 Å². The largest absolute Gasteiger partial charge is 0.459 e. The van der Waals surface area contributed by atoms with E-state index in [-0.39, 0.29) is 23.8 Å². The van der Waals surface area contributed by atoms with Crippen molar-refractivity contribution < 1.29 is 9.53 Å². The maximum absolute atomic E-state index is 11.9. The molecule has 0 amide bonds. The number of fused-ring (bicyclic) bond motifs is 1. The summed E-state index contributed by atoms with van der Waals surface area (Å²) in [5.41, 5.74) is -0.465. The fourth-order valence-corrected chi connectivity index (χ4v) is 1.95. The molecule has 0 bridgehead atoms. The second kappa shape index (κ2) is 3.96. The van der Waals surface area contributed by atoms with Gasteiger partial charge in [0, 0.05) is 18.7 Å². The van der Waals surface area contributed by atoms with Gasteiger partial charge in [-0.2, -0.15) is 10.2 Å². The van der Waals surface area contributed by atoms with E-state index in [1.54, 1.807) is 6.21 Å². The lowest BCUT2D eigenvalue weighted by atomic mass is 9.88. The minimum absolute atomic E-state index is 0.0626. The Kier molecular flexibility index (Phi) is 2.78. The van der Waals surface area contributed by atoms with Crippen molar-refractivity contribution in [2.45, 2.75) is 32.4 Å². The van der Waals surface area contributed by atoms with Crippen LogP contribution >= 0.6 is 0 Å². The monoisotopic (exact) mass is 223 g/mol. The summed E-state index contributed by atoms with van der Waals surface area (Å²) in [4.78, 5) is 16.1. The lowest BCUT2D eigenvalue weighted by molar-refractivity contribution is -0.158. The van der Waals surface area contributed by atoms with Crippen LogP contribution in [0.4, 0.5) is 0 Å². The van der Waals surface area contributed by atoms with Gasteiger partial charge in [0.15, 0.2) is 0 Å². The molecule has 3 atom stereocenters. The molecule has 0 fully saturated rings. The van der Waals surface area contributed by atoms with Crippen molar-refractivity contribution in [2.24, 2.45) is 27.1 Å². The normalized spacial score (nSPS) is 32.6. The van der Waals surface area contributed by atoms with Gasteiger partial charge in [0.2, 0.25) is 0 Å². The van der Waals surface area contributed by atoms with Crippen LogP contribution in [-0.2, 0) is 9.53 Å². The first-order valence-electron chi connectivity index (χ1n) is 5.57. The van der Waals surface area contributed by atoms with Crippen molar-refractivity contribution in [3.8, 4) is 0 Å². The second-order valence-electron chi connectivity index (χ2n) is 5.26. The fourth-order valence-electron chi connectivity index (χ4n) is 1.95. The number of carbonyl (C=O) groups is 1. The molecule has 0 N–H and O–H groups in total. The zero-order valence-corrected chi connectivity index (χ0v) is 9.88. The van der Waals surface area contributed by atoms with E-state index >= 15 is 0 Å². The van der Waals surface area contributed by atoms with Crippen LogP contribution in [0, 0.1) is 11.8 Å². The van der Waals surface area contributed by atoms with Crippen LogP contribution in [0.15, 0.2) is 15.2 Å². The van der Waals surface area contributed by atoms with Crippen molar-refractivity contribution >= 4 is 12.2 Å². The van der Waals surface area contributed by atoms with Crippen molar-refractivity contribution in [1.82, 2.24) is 0 Å². The van der Waals surface area contributed by atoms with Crippen molar-refractivity contribution in [2.75, 3.05) is 13.1 Å². The van der Waals surface area contributed by atoms with E-state index in [9.17, 15) is 4.79 Å². The van der Waals surface area contributed by atoms with Gasteiger partial charge in [0.05, 0.1) is 12.6 Å². The molecule has 0 saturated carbocycles. The molecule has 0 radical (unpaired) electrons. The summed E-state index contributed by atoms with van der Waals surface area (Å²) in [5, 5.41) is 8.12. The predicted molar refractivity (Wildman–Crippen MR) is 59.7 cm³/mol. The van der Waals surface area contributed by atoms with Crippen LogP contribution in [0.5, 0.6) is 0 Å². The molecule has 88 valence electrons. The number of carbonyl (C=O) groups excluding carboxylic acids is 1. The third-order valence-electron chi connectivity index (χ3n) is 2.67. The highest BCUT2D eigenvalue weighted by molar-refractivity contribution is 5.91. The first-order valence-corrected chi connectivity index (χ1v) is 5.57. The number of azo groups is 1. The number of rotatable bonds is 1. The highest BCUT2D eigenvalue weighted by Crippen LogP contribution is 2.28. The maximum Gasteiger partial charge on any atom is 0.317 e. The highest BCUT2D eigenvalue weighted by Gasteiger charge is 2.40. The van der Waals surface area contributed by atoms with Crippen LogP contribution < -0.4 is 0 Å². The second-order valence-corrected chi connectivity index (χ2v) is 5.26. The average molecular weight is 223 g/mol. The van der Waals surface area contributed by atoms with Gasteiger partial charge in [-0.25, -0.2) is 0 Å². The van der Waals surface area contributed by atoms with Crippen molar-refractivity contribution in [3.05, 3.63) is 0 Å². The number of aliphatic imine (C=N–C) groups is 1. The molecule has 5 heteroatoms. The predicted octanol–water partition coefficient (Wildman–Crippen LogP) is 1.48. The van der Waals surface area contributed by atoms with Gasteiger partial charge in [-0.3, -0.25) is 9.79 Å².